The van der Waals surface area contributed by atoms with Crippen LogP contribution >= 0.6 is 12.2 Å². The zero-order chi connectivity index (χ0) is 25.7. The number of amides is 3. The van der Waals surface area contributed by atoms with Crippen molar-refractivity contribution < 1.29 is 29.0 Å². The summed E-state index contributed by atoms with van der Waals surface area (Å²) in [5, 5.41) is 14.3. The SMILES string of the molecule is O=C(COc1ccc(C=C2C(=O)NC(=S)N(c3cccc(C(=O)O)c3)C2=O)cc1)Nc1ccccc1. The number of nitrogens with zero attached hydrogens (tertiary/aromatic N) is 1. The molecule has 3 amide bonds. The van der Waals surface area contributed by atoms with Crippen molar-refractivity contribution in [1.82, 2.24) is 5.32 Å². The van der Waals surface area contributed by atoms with E-state index in [4.69, 9.17) is 17.0 Å². The zero-order valence-corrected chi connectivity index (χ0v) is 19.5. The summed E-state index contributed by atoms with van der Waals surface area (Å²) in [7, 11) is 0. The molecule has 0 bridgehead atoms. The van der Waals surface area contributed by atoms with Crippen molar-refractivity contribution in [1.29, 1.82) is 0 Å². The molecule has 3 aromatic rings. The predicted octanol–water partition coefficient (Wildman–Crippen LogP) is 3.23. The summed E-state index contributed by atoms with van der Waals surface area (Å²) >= 11 is 5.15. The number of hydrogen-bond donors (Lipinski definition) is 3. The van der Waals surface area contributed by atoms with Gasteiger partial charge in [-0.2, -0.15) is 0 Å². The van der Waals surface area contributed by atoms with Crippen LogP contribution in [0, 0.1) is 0 Å². The molecule has 36 heavy (non-hydrogen) atoms. The number of carbonyl (C=O) groups excluding carboxylic acids is 3. The average molecular weight is 502 g/mol. The molecule has 10 heteroatoms. The Morgan fingerprint density at radius 2 is 1.72 bits per heavy atom. The van der Waals surface area contributed by atoms with Gasteiger partial charge in [-0.3, -0.25) is 24.6 Å². The molecule has 0 atom stereocenters. The normalized spacial score (nSPS) is 14.4. The smallest absolute Gasteiger partial charge is 0.335 e. The van der Waals surface area contributed by atoms with E-state index < -0.39 is 17.8 Å². The fraction of sp³-hybridized carbons (Fsp3) is 0.0385. The van der Waals surface area contributed by atoms with Gasteiger partial charge in [0.1, 0.15) is 11.3 Å². The van der Waals surface area contributed by atoms with Gasteiger partial charge < -0.3 is 15.2 Å². The van der Waals surface area contributed by atoms with Gasteiger partial charge >= 0.3 is 5.97 Å². The second kappa shape index (κ2) is 10.6. The maximum absolute atomic E-state index is 13.1. The topological polar surface area (TPSA) is 125 Å². The van der Waals surface area contributed by atoms with E-state index in [1.807, 2.05) is 6.07 Å². The van der Waals surface area contributed by atoms with E-state index in [-0.39, 0.29) is 34.5 Å². The van der Waals surface area contributed by atoms with Crippen LogP contribution in [-0.4, -0.2) is 40.5 Å². The Balaban J connectivity index is 1.46. The Bertz CT molecular complexity index is 1390. The molecule has 1 aliphatic rings. The molecule has 3 N–H and O–H groups in total. The molecule has 9 nitrogen and oxygen atoms in total. The number of rotatable bonds is 7. The van der Waals surface area contributed by atoms with E-state index in [9.17, 15) is 24.3 Å². The van der Waals surface area contributed by atoms with E-state index >= 15 is 0 Å². The Morgan fingerprint density at radius 1 is 1.00 bits per heavy atom. The summed E-state index contributed by atoms with van der Waals surface area (Å²) < 4.78 is 5.49. The summed E-state index contributed by atoms with van der Waals surface area (Å²) in [6.45, 7) is -0.196. The van der Waals surface area contributed by atoms with Crippen LogP contribution in [0.2, 0.25) is 0 Å². The standard InChI is InChI=1S/C26H19N3O6S/c30-22(27-18-6-2-1-3-7-18)15-35-20-11-9-16(10-12-20)13-21-23(31)28-26(36)29(24(21)32)19-8-4-5-17(14-19)25(33)34/h1-14H,15H2,(H,27,30)(H,33,34)(H,28,31,36). The minimum Gasteiger partial charge on any atom is -0.484 e. The molecule has 3 aromatic carbocycles. The Hall–Kier alpha value is -4.83. The highest BCUT2D eigenvalue weighted by molar-refractivity contribution is 7.80. The van der Waals surface area contributed by atoms with Gasteiger partial charge in [0.05, 0.1) is 11.3 Å². The number of para-hydroxylation sites is 1. The quantitative estimate of drug-likeness (QED) is 0.258. The van der Waals surface area contributed by atoms with Gasteiger partial charge in [-0.1, -0.05) is 36.4 Å². The highest BCUT2D eigenvalue weighted by Crippen LogP contribution is 2.24. The lowest BCUT2D eigenvalue weighted by Crippen LogP contribution is -2.54. The van der Waals surface area contributed by atoms with E-state index in [0.717, 1.165) is 4.90 Å². The number of anilines is 2. The lowest BCUT2D eigenvalue weighted by Gasteiger charge is -2.29. The van der Waals surface area contributed by atoms with Crippen LogP contribution in [-0.2, 0) is 14.4 Å². The largest absolute Gasteiger partial charge is 0.484 e. The van der Waals surface area contributed by atoms with Gasteiger partial charge in [0.15, 0.2) is 11.7 Å². The first-order chi connectivity index (χ1) is 17.3. The first-order valence-corrected chi connectivity index (χ1v) is 11.1. The summed E-state index contributed by atoms with van der Waals surface area (Å²) in [6.07, 6.45) is 1.39. The van der Waals surface area contributed by atoms with Gasteiger partial charge in [0.25, 0.3) is 17.7 Å². The van der Waals surface area contributed by atoms with Crippen molar-refractivity contribution in [2.75, 3.05) is 16.8 Å². The molecule has 0 spiro atoms. The van der Waals surface area contributed by atoms with E-state index in [1.54, 1.807) is 48.5 Å². The fourth-order valence-corrected chi connectivity index (χ4v) is 3.65. The Kier molecular flexibility index (Phi) is 7.17. The maximum Gasteiger partial charge on any atom is 0.335 e. The van der Waals surface area contributed by atoms with E-state index in [2.05, 4.69) is 10.6 Å². The number of thiocarbonyl (C=S) groups is 1. The van der Waals surface area contributed by atoms with Gasteiger partial charge in [-0.25, -0.2) is 4.79 Å². The lowest BCUT2D eigenvalue weighted by molar-refractivity contribution is -0.122. The number of ether oxygens (including phenoxy) is 1. The fourth-order valence-electron chi connectivity index (χ4n) is 3.36. The summed E-state index contributed by atoms with van der Waals surface area (Å²) in [4.78, 5) is 50.0. The molecule has 1 heterocycles. The number of carbonyl (C=O) groups is 4. The van der Waals surface area contributed by atoms with Crippen LogP contribution in [0.3, 0.4) is 0 Å². The molecule has 0 saturated carbocycles. The first kappa shape index (κ1) is 24.3. The van der Waals surface area contributed by atoms with Gasteiger partial charge in [-0.05, 0) is 66.3 Å². The third-order valence-electron chi connectivity index (χ3n) is 5.07. The number of carboxylic acid groups (broad SMARTS) is 1. The van der Waals surface area contributed by atoms with Crippen LogP contribution in [0.15, 0.2) is 84.4 Å². The van der Waals surface area contributed by atoms with Crippen molar-refractivity contribution in [3.8, 4) is 5.75 Å². The number of nitrogens with one attached hydrogen (secondary N) is 2. The van der Waals surface area contributed by atoms with Crippen molar-refractivity contribution in [2.45, 2.75) is 0 Å². The van der Waals surface area contributed by atoms with Crippen molar-refractivity contribution >= 4 is 58.5 Å². The molecular formula is C26H19N3O6S. The highest BCUT2D eigenvalue weighted by Gasteiger charge is 2.34. The Morgan fingerprint density at radius 3 is 2.42 bits per heavy atom. The third-order valence-corrected chi connectivity index (χ3v) is 5.36. The molecular weight excluding hydrogens is 482 g/mol. The molecule has 4 rings (SSSR count). The summed E-state index contributed by atoms with van der Waals surface area (Å²) in [5.41, 5.74) is 1.19. The summed E-state index contributed by atoms with van der Waals surface area (Å²) in [5.74, 6) is -2.42. The molecule has 0 aliphatic carbocycles. The van der Waals surface area contributed by atoms with Crippen LogP contribution in [0.5, 0.6) is 5.75 Å². The van der Waals surface area contributed by atoms with Gasteiger partial charge in [-0.15, -0.1) is 0 Å². The molecule has 1 fully saturated rings. The second-order valence-corrected chi connectivity index (χ2v) is 7.97. The monoisotopic (exact) mass is 501 g/mol. The van der Waals surface area contributed by atoms with Crippen molar-refractivity contribution in [3.05, 3.63) is 95.6 Å². The van der Waals surface area contributed by atoms with Crippen LogP contribution in [0.25, 0.3) is 6.08 Å². The molecule has 0 aromatic heterocycles. The van der Waals surface area contributed by atoms with Crippen LogP contribution in [0.4, 0.5) is 11.4 Å². The van der Waals surface area contributed by atoms with Crippen molar-refractivity contribution in [2.24, 2.45) is 0 Å². The highest BCUT2D eigenvalue weighted by atomic mass is 32.1. The van der Waals surface area contributed by atoms with Gasteiger partial charge in [0, 0.05) is 5.69 Å². The number of benzene rings is 3. The first-order valence-electron chi connectivity index (χ1n) is 10.6. The molecule has 1 aliphatic heterocycles. The minimum absolute atomic E-state index is 0.0291. The summed E-state index contributed by atoms with van der Waals surface area (Å²) in [6, 6.07) is 21.1. The van der Waals surface area contributed by atoms with Gasteiger partial charge in [0.2, 0.25) is 0 Å². The zero-order valence-electron chi connectivity index (χ0n) is 18.6. The van der Waals surface area contributed by atoms with E-state index in [0.29, 0.717) is 17.0 Å². The number of carboxylic acids is 1. The minimum atomic E-state index is -1.16. The molecule has 180 valence electrons. The van der Waals surface area contributed by atoms with Crippen LogP contribution in [0.1, 0.15) is 15.9 Å². The lowest BCUT2D eigenvalue weighted by atomic mass is 10.1. The maximum atomic E-state index is 13.1. The van der Waals surface area contributed by atoms with E-state index in [1.165, 1.54) is 30.3 Å². The molecule has 1 saturated heterocycles. The predicted molar refractivity (Wildman–Crippen MR) is 137 cm³/mol. The van der Waals surface area contributed by atoms with Crippen molar-refractivity contribution in [3.63, 3.8) is 0 Å². The Labute approximate surface area is 211 Å². The second-order valence-electron chi connectivity index (χ2n) is 7.59. The number of aromatic carboxylic acids is 1. The molecule has 0 radical (unpaired) electrons. The van der Waals surface area contributed by atoms with Crippen LogP contribution < -0.4 is 20.3 Å². The average Bonchev–Trinajstić information content (AvgIpc) is 2.86. The number of hydrogen-bond acceptors (Lipinski definition) is 6. The third kappa shape index (κ3) is 5.62. The molecule has 0 unspecified atom stereocenters.